The maximum Gasteiger partial charge on any atom is 0.342 e. The predicted molar refractivity (Wildman–Crippen MR) is 162 cm³/mol. The van der Waals surface area contributed by atoms with E-state index in [0.717, 1.165) is 34.7 Å². The standard InChI is InChI=1S/C26H22N2O6S.C7H6O/c1-31-21-13-17(14-22(32-2)24(21)33-3)26(30)18(11-15-7-5-4-6-8-15)23(25(29)34-26)16-9-10-19-20(12-16)28-35-27-19;8-6-7-4-2-1-3-5-7/h4-10,12-14,30H,11H2,1-3H3;1-6H. The molecule has 0 fully saturated rings. The zero-order valence-corrected chi connectivity index (χ0v) is 24.5. The molecule has 1 unspecified atom stereocenters. The molecule has 218 valence electrons. The van der Waals surface area contributed by atoms with E-state index >= 15 is 0 Å². The Morgan fingerprint density at radius 3 is 2.05 bits per heavy atom. The molecule has 1 N–H and O–H groups in total. The topological polar surface area (TPSA) is 117 Å². The number of hydrogen-bond acceptors (Lipinski definition) is 10. The molecule has 1 aliphatic heterocycles. The third-order valence-corrected chi connectivity index (χ3v) is 7.47. The van der Waals surface area contributed by atoms with Crippen LogP contribution >= 0.6 is 11.7 Å². The zero-order chi connectivity index (χ0) is 30.4. The van der Waals surface area contributed by atoms with Gasteiger partial charge in [0.25, 0.3) is 5.79 Å². The summed E-state index contributed by atoms with van der Waals surface area (Å²) in [7, 11) is 4.46. The van der Waals surface area contributed by atoms with Crippen LogP contribution in [0.5, 0.6) is 17.2 Å². The van der Waals surface area contributed by atoms with E-state index in [1.54, 1.807) is 42.5 Å². The number of aromatic nitrogens is 2. The second-order valence-corrected chi connectivity index (χ2v) is 9.99. The van der Waals surface area contributed by atoms with E-state index in [9.17, 15) is 14.7 Å². The van der Waals surface area contributed by atoms with Crippen LogP contribution in [0.3, 0.4) is 0 Å². The van der Waals surface area contributed by atoms with Crippen molar-refractivity contribution in [1.82, 2.24) is 8.75 Å². The molecular formula is C33H28N2O7S. The minimum atomic E-state index is -2.07. The smallest absolute Gasteiger partial charge is 0.342 e. The van der Waals surface area contributed by atoms with Crippen LogP contribution in [0.25, 0.3) is 16.6 Å². The lowest BCUT2D eigenvalue weighted by Crippen LogP contribution is -2.30. The summed E-state index contributed by atoms with van der Waals surface area (Å²) >= 11 is 1.10. The molecule has 1 atom stereocenters. The van der Waals surface area contributed by atoms with E-state index in [1.807, 2.05) is 48.5 Å². The Hall–Kier alpha value is -5.06. The lowest BCUT2D eigenvalue weighted by molar-refractivity contribution is -0.185. The molecule has 43 heavy (non-hydrogen) atoms. The number of carbonyl (C=O) groups excluding carboxylic acids is 2. The molecule has 1 aromatic heterocycles. The van der Waals surface area contributed by atoms with Crippen LogP contribution in [0.15, 0.2) is 96.6 Å². The van der Waals surface area contributed by atoms with E-state index in [4.69, 9.17) is 18.9 Å². The van der Waals surface area contributed by atoms with Crippen LogP contribution < -0.4 is 14.2 Å². The molecule has 0 bridgehead atoms. The van der Waals surface area contributed by atoms with Crippen molar-refractivity contribution in [3.8, 4) is 17.2 Å². The summed E-state index contributed by atoms with van der Waals surface area (Å²) in [5.41, 5.74) is 4.56. The van der Waals surface area contributed by atoms with Gasteiger partial charge in [0.2, 0.25) is 5.75 Å². The number of benzene rings is 4. The van der Waals surface area contributed by atoms with Crippen LogP contribution in [0.2, 0.25) is 0 Å². The average Bonchev–Trinajstić information content (AvgIpc) is 3.62. The van der Waals surface area contributed by atoms with Crippen molar-refractivity contribution in [2.45, 2.75) is 12.2 Å². The zero-order valence-electron chi connectivity index (χ0n) is 23.6. The number of hydrogen-bond donors (Lipinski definition) is 1. The molecule has 9 nitrogen and oxygen atoms in total. The van der Waals surface area contributed by atoms with Gasteiger partial charge in [0.05, 0.1) is 38.6 Å². The number of aldehydes is 1. The first-order valence-corrected chi connectivity index (χ1v) is 13.9. The van der Waals surface area contributed by atoms with E-state index in [1.165, 1.54) is 21.3 Å². The molecule has 4 aromatic carbocycles. The van der Waals surface area contributed by atoms with Crippen molar-refractivity contribution < 1.29 is 33.6 Å². The number of cyclic esters (lactones) is 1. The van der Waals surface area contributed by atoms with Crippen LogP contribution in [0, 0.1) is 0 Å². The Balaban J connectivity index is 0.000000400. The summed E-state index contributed by atoms with van der Waals surface area (Å²) in [5.74, 6) is -1.69. The monoisotopic (exact) mass is 596 g/mol. The van der Waals surface area contributed by atoms with Crippen LogP contribution in [-0.2, 0) is 21.7 Å². The van der Waals surface area contributed by atoms with Crippen LogP contribution in [0.1, 0.15) is 27.0 Å². The van der Waals surface area contributed by atoms with E-state index in [0.29, 0.717) is 33.9 Å². The number of methoxy groups -OCH3 is 3. The average molecular weight is 597 g/mol. The maximum atomic E-state index is 13.3. The summed E-state index contributed by atoms with van der Waals surface area (Å²) < 4.78 is 30.6. The summed E-state index contributed by atoms with van der Waals surface area (Å²) in [5, 5.41) is 12.0. The van der Waals surface area contributed by atoms with E-state index < -0.39 is 11.8 Å². The number of fused-ring (bicyclic) bond motifs is 1. The van der Waals surface area contributed by atoms with Crippen molar-refractivity contribution in [2.24, 2.45) is 0 Å². The van der Waals surface area contributed by atoms with Gasteiger partial charge in [0.15, 0.2) is 11.5 Å². The molecule has 0 aliphatic carbocycles. The van der Waals surface area contributed by atoms with Gasteiger partial charge in [-0.15, -0.1) is 0 Å². The van der Waals surface area contributed by atoms with Crippen molar-refractivity contribution >= 4 is 40.6 Å². The lowest BCUT2D eigenvalue weighted by atomic mass is 9.87. The maximum absolute atomic E-state index is 13.3. The number of rotatable bonds is 8. The van der Waals surface area contributed by atoms with Crippen molar-refractivity contribution in [3.63, 3.8) is 0 Å². The molecule has 0 saturated heterocycles. The molecule has 0 radical (unpaired) electrons. The summed E-state index contributed by atoms with van der Waals surface area (Å²) in [6.07, 6.45) is 1.10. The largest absolute Gasteiger partial charge is 0.493 e. The van der Waals surface area contributed by atoms with Crippen molar-refractivity contribution in [3.05, 3.63) is 119 Å². The van der Waals surface area contributed by atoms with Gasteiger partial charge in [-0.3, -0.25) is 4.79 Å². The quantitative estimate of drug-likeness (QED) is 0.180. The SMILES string of the molecule is COc1cc(C2(O)OC(=O)C(c3ccc4nsnc4c3)=C2Cc2ccccc2)cc(OC)c1OC.O=Cc1ccccc1. The molecule has 6 rings (SSSR count). The van der Waals surface area contributed by atoms with Crippen molar-refractivity contribution in [2.75, 3.05) is 21.3 Å². The molecule has 0 amide bonds. The van der Waals surface area contributed by atoms with Gasteiger partial charge in [0.1, 0.15) is 17.3 Å². The highest BCUT2D eigenvalue weighted by molar-refractivity contribution is 7.00. The van der Waals surface area contributed by atoms with Gasteiger partial charge in [-0.05, 0) is 35.4 Å². The number of carbonyl (C=O) groups is 2. The fraction of sp³-hybridized carbons (Fsp3) is 0.152. The van der Waals surface area contributed by atoms with Crippen LogP contribution in [-0.4, -0.2) is 47.4 Å². The van der Waals surface area contributed by atoms with Gasteiger partial charge in [-0.1, -0.05) is 66.7 Å². The van der Waals surface area contributed by atoms with E-state index in [-0.39, 0.29) is 17.6 Å². The van der Waals surface area contributed by atoms with E-state index in [2.05, 4.69) is 8.75 Å². The number of aliphatic hydroxyl groups is 1. The highest BCUT2D eigenvalue weighted by Crippen LogP contribution is 2.48. The molecular weight excluding hydrogens is 568 g/mol. The fourth-order valence-corrected chi connectivity index (χ4v) is 5.34. The molecule has 5 aromatic rings. The summed E-state index contributed by atoms with van der Waals surface area (Å²) in [6.45, 7) is 0. The Kier molecular flexibility index (Phi) is 8.79. The molecule has 1 aliphatic rings. The third-order valence-electron chi connectivity index (χ3n) is 6.91. The summed E-state index contributed by atoms with van der Waals surface area (Å²) in [4.78, 5) is 23.3. The highest BCUT2D eigenvalue weighted by Gasteiger charge is 2.49. The molecule has 10 heteroatoms. The van der Waals surface area contributed by atoms with Gasteiger partial charge in [-0.2, -0.15) is 8.75 Å². The van der Waals surface area contributed by atoms with Crippen LogP contribution in [0.4, 0.5) is 0 Å². The Labute approximate surface area is 252 Å². The molecule has 0 saturated carbocycles. The van der Waals surface area contributed by atoms with Gasteiger partial charge in [-0.25, -0.2) is 4.79 Å². The Morgan fingerprint density at radius 2 is 1.47 bits per heavy atom. The minimum Gasteiger partial charge on any atom is -0.493 e. The third kappa shape index (κ3) is 5.97. The Bertz CT molecular complexity index is 1760. The normalized spacial score (nSPS) is 15.9. The molecule has 0 spiro atoms. The van der Waals surface area contributed by atoms with Gasteiger partial charge >= 0.3 is 5.97 Å². The second-order valence-electron chi connectivity index (χ2n) is 9.46. The fourth-order valence-electron chi connectivity index (χ4n) is 4.82. The predicted octanol–water partition coefficient (Wildman–Crippen LogP) is 5.61. The Morgan fingerprint density at radius 1 is 0.837 bits per heavy atom. The second kappa shape index (κ2) is 12.8. The number of ether oxygens (including phenoxy) is 4. The first-order valence-electron chi connectivity index (χ1n) is 13.2. The molecule has 2 heterocycles. The highest BCUT2D eigenvalue weighted by atomic mass is 32.1. The number of nitrogens with zero attached hydrogens (tertiary/aromatic N) is 2. The first kappa shape index (κ1) is 29.4. The first-order chi connectivity index (χ1) is 20.9. The summed E-state index contributed by atoms with van der Waals surface area (Å²) in [6, 6.07) is 27.2. The van der Waals surface area contributed by atoms with Crippen molar-refractivity contribution in [1.29, 1.82) is 0 Å². The van der Waals surface area contributed by atoms with Gasteiger partial charge < -0.3 is 24.1 Å². The minimum absolute atomic E-state index is 0.266. The lowest BCUT2D eigenvalue weighted by Gasteiger charge is -2.27. The van der Waals surface area contributed by atoms with Gasteiger partial charge in [0, 0.05) is 23.1 Å². The number of esters is 1.